The standard InChI is InChI=1S/C10H10N2O2/c1-7-3-8(6-11)5-9(4-7)10(13)12-14-2/h3-5H,1-2H3,(H,12,13). The number of hydrogen-bond donors (Lipinski definition) is 1. The number of nitriles is 1. The minimum absolute atomic E-state index is 0.354. The molecule has 0 fully saturated rings. The second kappa shape index (κ2) is 4.40. The third kappa shape index (κ3) is 2.31. The molecule has 1 aromatic carbocycles. The van der Waals surface area contributed by atoms with Gasteiger partial charge in [-0.2, -0.15) is 5.26 Å². The van der Waals surface area contributed by atoms with E-state index in [-0.39, 0.29) is 5.91 Å². The van der Waals surface area contributed by atoms with Crippen LogP contribution in [0.2, 0.25) is 0 Å². The van der Waals surface area contributed by atoms with Crippen LogP contribution in [0.1, 0.15) is 21.5 Å². The number of amides is 1. The molecule has 0 saturated heterocycles. The Hall–Kier alpha value is -1.86. The minimum atomic E-state index is -0.354. The van der Waals surface area contributed by atoms with Gasteiger partial charge >= 0.3 is 0 Å². The number of hydroxylamine groups is 1. The fraction of sp³-hybridized carbons (Fsp3) is 0.200. The van der Waals surface area contributed by atoms with Gasteiger partial charge in [-0.25, -0.2) is 5.48 Å². The lowest BCUT2D eigenvalue weighted by Gasteiger charge is -2.03. The van der Waals surface area contributed by atoms with Crippen molar-refractivity contribution in [3.8, 4) is 6.07 Å². The average Bonchev–Trinajstić information content (AvgIpc) is 2.17. The summed E-state index contributed by atoms with van der Waals surface area (Å²) >= 11 is 0. The van der Waals surface area contributed by atoms with Crippen LogP contribution in [0.25, 0.3) is 0 Å². The molecule has 0 unspecified atom stereocenters. The van der Waals surface area contributed by atoms with Gasteiger partial charge in [0.2, 0.25) is 0 Å². The average molecular weight is 190 g/mol. The molecule has 1 rings (SSSR count). The summed E-state index contributed by atoms with van der Waals surface area (Å²) in [6.45, 7) is 1.82. The Morgan fingerprint density at radius 1 is 1.50 bits per heavy atom. The molecule has 0 heterocycles. The normalized spacial score (nSPS) is 9.21. The Morgan fingerprint density at radius 2 is 2.21 bits per heavy atom. The summed E-state index contributed by atoms with van der Waals surface area (Å²) in [5.74, 6) is -0.354. The van der Waals surface area contributed by atoms with Crippen molar-refractivity contribution in [3.63, 3.8) is 0 Å². The molecule has 0 atom stereocenters. The SMILES string of the molecule is CONC(=O)c1cc(C)cc(C#N)c1. The maximum Gasteiger partial charge on any atom is 0.274 e. The smallest absolute Gasteiger partial charge is 0.274 e. The van der Waals surface area contributed by atoms with Crippen LogP contribution in [0.5, 0.6) is 0 Å². The molecule has 0 radical (unpaired) electrons. The molecule has 1 aromatic rings. The van der Waals surface area contributed by atoms with Crippen LogP contribution in [-0.2, 0) is 4.84 Å². The van der Waals surface area contributed by atoms with Crippen LogP contribution >= 0.6 is 0 Å². The quantitative estimate of drug-likeness (QED) is 0.712. The molecule has 1 N–H and O–H groups in total. The van der Waals surface area contributed by atoms with Crippen molar-refractivity contribution < 1.29 is 9.63 Å². The van der Waals surface area contributed by atoms with Gasteiger partial charge in [0.25, 0.3) is 5.91 Å². The predicted molar refractivity (Wildman–Crippen MR) is 50.4 cm³/mol. The van der Waals surface area contributed by atoms with Crippen molar-refractivity contribution in [1.29, 1.82) is 5.26 Å². The molecule has 0 bridgehead atoms. The molecule has 0 spiro atoms. The number of hydrogen-bond acceptors (Lipinski definition) is 3. The summed E-state index contributed by atoms with van der Waals surface area (Å²) in [5.41, 5.74) is 3.94. The van der Waals surface area contributed by atoms with E-state index >= 15 is 0 Å². The van der Waals surface area contributed by atoms with E-state index in [0.29, 0.717) is 11.1 Å². The second-order valence-electron chi connectivity index (χ2n) is 2.83. The molecule has 0 aromatic heterocycles. The highest BCUT2D eigenvalue weighted by Gasteiger charge is 2.06. The van der Waals surface area contributed by atoms with E-state index in [1.807, 2.05) is 13.0 Å². The molecule has 4 nitrogen and oxygen atoms in total. The third-order valence-corrected chi connectivity index (χ3v) is 1.66. The topological polar surface area (TPSA) is 62.1 Å². The molecule has 1 amide bonds. The van der Waals surface area contributed by atoms with Crippen LogP contribution in [0.4, 0.5) is 0 Å². The number of carbonyl (C=O) groups is 1. The zero-order valence-corrected chi connectivity index (χ0v) is 8.00. The fourth-order valence-electron chi connectivity index (χ4n) is 1.13. The first-order valence-electron chi connectivity index (χ1n) is 4.02. The summed E-state index contributed by atoms with van der Waals surface area (Å²) in [4.78, 5) is 15.8. The summed E-state index contributed by atoms with van der Waals surface area (Å²) in [6.07, 6.45) is 0. The second-order valence-corrected chi connectivity index (χ2v) is 2.83. The lowest BCUT2D eigenvalue weighted by molar-refractivity contribution is 0.0537. The van der Waals surface area contributed by atoms with Gasteiger partial charge in [-0.1, -0.05) is 0 Å². The van der Waals surface area contributed by atoms with Gasteiger partial charge in [0.05, 0.1) is 18.7 Å². The number of nitrogens with zero attached hydrogens (tertiary/aromatic N) is 1. The minimum Gasteiger partial charge on any atom is -0.277 e. The van der Waals surface area contributed by atoms with Crippen LogP contribution in [0, 0.1) is 18.3 Å². The van der Waals surface area contributed by atoms with E-state index in [0.717, 1.165) is 5.56 Å². The van der Waals surface area contributed by atoms with Crippen LogP contribution < -0.4 is 5.48 Å². The van der Waals surface area contributed by atoms with E-state index in [2.05, 4.69) is 10.3 Å². The van der Waals surface area contributed by atoms with Crippen LogP contribution in [-0.4, -0.2) is 13.0 Å². The third-order valence-electron chi connectivity index (χ3n) is 1.66. The number of carbonyl (C=O) groups excluding carboxylic acids is 1. The summed E-state index contributed by atoms with van der Waals surface area (Å²) in [6, 6.07) is 6.90. The maximum atomic E-state index is 11.3. The molecule has 4 heteroatoms. The lowest BCUT2D eigenvalue weighted by Crippen LogP contribution is -2.21. The summed E-state index contributed by atoms with van der Waals surface area (Å²) < 4.78 is 0. The van der Waals surface area contributed by atoms with Gasteiger partial charge in [-0.3, -0.25) is 9.63 Å². The molecule has 0 aliphatic carbocycles. The van der Waals surface area contributed by atoms with E-state index < -0.39 is 0 Å². The van der Waals surface area contributed by atoms with Crippen molar-refractivity contribution in [1.82, 2.24) is 5.48 Å². The van der Waals surface area contributed by atoms with Crippen molar-refractivity contribution in [2.24, 2.45) is 0 Å². The Balaban J connectivity index is 3.04. The Morgan fingerprint density at radius 3 is 2.79 bits per heavy atom. The maximum absolute atomic E-state index is 11.3. The first-order chi connectivity index (χ1) is 6.67. The molecule has 72 valence electrons. The van der Waals surface area contributed by atoms with Crippen molar-refractivity contribution in [3.05, 3.63) is 34.9 Å². The Kier molecular flexibility index (Phi) is 3.21. The van der Waals surface area contributed by atoms with Gasteiger partial charge in [-0.05, 0) is 30.7 Å². The van der Waals surface area contributed by atoms with E-state index in [1.165, 1.54) is 13.2 Å². The van der Waals surface area contributed by atoms with Crippen LogP contribution in [0.15, 0.2) is 18.2 Å². The van der Waals surface area contributed by atoms with Crippen molar-refractivity contribution in [2.75, 3.05) is 7.11 Å². The van der Waals surface area contributed by atoms with Crippen LogP contribution in [0.3, 0.4) is 0 Å². The fourth-order valence-corrected chi connectivity index (χ4v) is 1.13. The van der Waals surface area contributed by atoms with Crippen molar-refractivity contribution >= 4 is 5.91 Å². The number of aryl methyl sites for hydroxylation is 1. The van der Waals surface area contributed by atoms with E-state index in [4.69, 9.17) is 5.26 Å². The summed E-state index contributed by atoms with van der Waals surface area (Å²) in [7, 11) is 1.36. The molecule has 0 saturated carbocycles. The van der Waals surface area contributed by atoms with E-state index in [9.17, 15) is 4.79 Å². The monoisotopic (exact) mass is 190 g/mol. The Labute approximate surface area is 82.1 Å². The van der Waals surface area contributed by atoms with E-state index in [1.54, 1.807) is 12.1 Å². The Bertz CT molecular complexity index is 394. The zero-order valence-electron chi connectivity index (χ0n) is 8.00. The van der Waals surface area contributed by atoms with Crippen molar-refractivity contribution in [2.45, 2.75) is 6.92 Å². The van der Waals surface area contributed by atoms with Gasteiger partial charge < -0.3 is 0 Å². The molecular weight excluding hydrogens is 180 g/mol. The highest BCUT2D eigenvalue weighted by atomic mass is 16.6. The lowest BCUT2D eigenvalue weighted by atomic mass is 10.1. The predicted octanol–water partition coefficient (Wildman–Crippen LogP) is 1.16. The first kappa shape index (κ1) is 10.2. The molecular formula is C10H10N2O2. The highest BCUT2D eigenvalue weighted by molar-refractivity contribution is 5.94. The number of nitrogens with one attached hydrogen (secondary N) is 1. The molecule has 14 heavy (non-hydrogen) atoms. The van der Waals surface area contributed by atoms with Gasteiger partial charge in [0.15, 0.2) is 0 Å². The van der Waals surface area contributed by atoms with Gasteiger partial charge in [0.1, 0.15) is 0 Å². The van der Waals surface area contributed by atoms with Gasteiger partial charge in [-0.15, -0.1) is 0 Å². The summed E-state index contributed by atoms with van der Waals surface area (Å²) in [5, 5.41) is 8.69. The molecule has 0 aliphatic heterocycles. The highest BCUT2D eigenvalue weighted by Crippen LogP contribution is 2.08. The first-order valence-corrected chi connectivity index (χ1v) is 4.02. The zero-order chi connectivity index (χ0) is 10.6. The molecule has 0 aliphatic rings. The largest absolute Gasteiger partial charge is 0.277 e. The number of benzene rings is 1. The van der Waals surface area contributed by atoms with Gasteiger partial charge in [0, 0.05) is 5.56 Å². The number of rotatable bonds is 2.